The highest BCUT2D eigenvalue weighted by Gasteiger charge is 2.51. The van der Waals surface area contributed by atoms with Gasteiger partial charge in [-0.3, -0.25) is 4.79 Å². The minimum atomic E-state index is -1.80. The van der Waals surface area contributed by atoms with Gasteiger partial charge in [0, 0.05) is 6.42 Å². The summed E-state index contributed by atoms with van der Waals surface area (Å²) in [6.07, 6.45) is 64.2. The number of ether oxygens (including phenoxy) is 4. The van der Waals surface area contributed by atoms with Gasteiger partial charge in [0.15, 0.2) is 12.6 Å². The third-order valence-corrected chi connectivity index (χ3v) is 16.2. The first-order valence-electron chi connectivity index (χ1n) is 34.6. The maximum Gasteiger partial charge on any atom is 0.220 e. The molecule has 500 valence electrons. The number of hydrogen-bond donors (Lipinski definition) is 9. The van der Waals surface area contributed by atoms with E-state index >= 15 is 0 Å². The first-order chi connectivity index (χ1) is 42.6. The summed E-state index contributed by atoms with van der Waals surface area (Å²) in [6.45, 7) is 2.67. The van der Waals surface area contributed by atoms with Crippen molar-refractivity contribution < 1.29 is 64.6 Å². The molecular weight excluding hydrogens is 1100 g/mol. The molecule has 2 saturated heterocycles. The van der Waals surface area contributed by atoms with Crippen LogP contribution in [-0.2, 0) is 23.7 Å². The standard InChI is InChI=1S/C73H125NO13/c1-3-5-7-9-11-13-15-17-19-21-23-25-26-27-28-29-30-31-32-33-34-35-36-37-39-41-43-45-47-49-51-53-55-57-65(78)74-61(62(77)56-54-52-50-48-46-44-42-40-38-24-22-20-18-16-14-12-10-8-6-4-2)60-84-72-70(83)68(81)71(64(59-76)86-72)87-73-69(82)67(80)66(79)63(58-75)85-73/h5,7,11,13,17,19,23,25,27-28,30-31,38,40,46,48,54,56,61-64,66-73,75-77,79-83H,3-4,6,8-10,12,14-16,18,20-22,24,26,29,32-37,39,41-45,47,49-53,55,57-60H2,1-2H3,(H,74,78)/b7-5-,13-11-,19-17-,25-23-,28-27-,31-30-,40-38+,48-46+,56-54+. The first-order valence-corrected chi connectivity index (χ1v) is 34.6. The Morgan fingerprint density at radius 1 is 0.425 bits per heavy atom. The first kappa shape index (κ1) is 79.7. The molecule has 1 amide bonds. The molecule has 9 N–H and O–H groups in total. The van der Waals surface area contributed by atoms with Gasteiger partial charge in [0.25, 0.3) is 0 Å². The largest absolute Gasteiger partial charge is 0.394 e. The zero-order valence-electron chi connectivity index (χ0n) is 54.2. The Hall–Kier alpha value is -3.35. The van der Waals surface area contributed by atoms with Crippen LogP contribution >= 0.6 is 0 Å². The van der Waals surface area contributed by atoms with Crippen molar-refractivity contribution in [2.45, 2.75) is 325 Å². The molecule has 0 aromatic carbocycles. The number of aliphatic hydroxyl groups is 8. The minimum absolute atomic E-state index is 0.257. The molecule has 12 atom stereocenters. The number of unbranched alkanes of at least 4 members (excludes halogenated alkanes) is 26. The molecule has 0 aromatic heterocycles. The highest BCUT2D eigenvalue weighted by Crippen LogP contribution is 2.30. The zero-order chi connectivity index (χ0) is 63.1. The summed E-state index contributed by atoms with van der Waals surface area (Å²) in [5.74, 6) is -0.257. The van der Waals surface area contributed by atoms with Crippen LogP contribution in [0.4, 0.5) is 0 Å². The van der Waals surface area contributed by atoms with Crippen LogP contribution in [0.5, 0.6) is 0 Å². The van der Waals surface area contributed by atoms with Gasteiger partial charge >= 0.3 is 0 Å². The minimum Gasteiger partial charge on any atom is -0.394 e. The molecule has 0 radical (unpaired) electrons. The molecule has 0 aliphatic carbocycles. The summed E-state index contributed by atoms with van der Waals surface area (Å²) >= 11 is 0. The maximum absolute atomic E-state index is 13.3. The molecule has 2 aliphatic heterocycles. The fourth-order valence-electron chi connectivity index (χ4n) is 10.7. The van der Waals surface area contributed by atoms with Crippen molar-refractivity contribution in [3.63, 3.8) is 0 Å². The van der Waals surface area contributed by atoms with Crippen molar-refractivity contribution in [3.8, 4) is 0 Å². The van der Waals surface area contributed by atoms with E-state index in [0.29, 0.717) is 12.8 Å². The average molecular weight is 1220 g/mol. The Labute approximate surface area is 527 Å². The number of rotatable bonds is 55. The summed E-state index contributed by atoms with van der Waals surface area (Å²) in [6, 6.07) is -0.945. The number of amides is 1. The highest BCUT2D eigenvalue weighted by molar-refractivity contribution is 5.76. The lowest BCUT2D eigenvalue weighted by Gasteiger charge is -2.46. The molecule has 0 bridgehead atoms. The molecule has 2 rings (SSSR count). The molecule has 0 saturated carbocycles. The highest BCUT2D eigenvalue weighted by atomic mass is 16.7. The van der Waals surface area contributed by atoms with Crippen molar-refractivity contribution in [2.24, 2.45) is 0 Å². The molecule has 2 aliphatic rings. The van der Waals surface area contributed by atoms with E-state index in [4.69, 9.17) is 18.9 Å². The third kappa shape index (κ3) is 40.9. The van der Waals surface area contributed by atoms with E-state index in [-0.39, 0.29) is 18.9 Å². The summed E-state index contributed by atoms with van der Waals surface area (Å²) in [5, 5.41) is 87.3. The molecule has 14 nitrogen and oxygen atoms in total. The molecule has 0 aromatic rings. The van der Waals surface area contributed by atoms with E-state index in [9.17, 15) is 45.6 Å². The topological polar surface area (TPSA) is 228 Å². The Morgan fingerprint density at radius 3 is 1.26 bits per heavy atom. The van der Waals surface area contributed by atoms with Crippen molar-refractivity contribution in [3.05, 3.63) is 109 Å². The molecule has 2 fully saturated rings. The SMILES string of the molecule is CC/C=C\C/C=C\C/C=C\C/C=C\C/C=C\C/C=C\CCCCCCCCCCCCCCCCC(=O)NC(COC1OC(CO)C(OC2OC(CO)C(O)C(O)C2O)C(O)C1O)C(O)/C=C/CC/C=C/CC/C=C/CCCCCCCCCCCC. The predicted molar refractivity (Wildman–Crippen MR) is 355 cm³/mol. The fraction of sp³-hybridized carbons (Fsp3) is 0.740. The number of nitrogens with one attached hydrogen (secondary N) is 1. The Morgan fingerprint density at radius 2 is 0.805 bits per heavy atom. The van der Waals surface area contributed by atoms with E-state index in [2.05, 4.69) is 116 Å². The summed E-state index contributed by atoms with van der Waals surface area (Å²) in [7, 11) is 0. The Bertz CT molecular complexity index is 1880. The van der Waals surface area contributed by atoms with Crippen LogP contribution in [0.1, 0.15) is 251 Å². The van der Waals surface area contributed by atoms with Gasteiger partial charge in [-0.15, -0.1) is 0 Å². The second kappa shape index (κ2) is 56.6. The molecule has 12 unspecified atom stereocenters. The van der Waals surface area contributed by atoms with Crippen molar-refractivity contribution in [1.29, 1.82) is 0 Å². The van der Waals surface area contributed by atoms with Crippen molar-refractivity contribution in [2.75, 3.05) is 19.8 Å². The van der Waals surface area contributed by atoms with Crippen LogP contribution in [-0.4, -0.2) is 140 Å². The quantitative estimate of drug-likeness (QED) is 0.0204. The zero-order valence-corrected chi connectivity index (χ0v) is 54.2. The van der Waals surface area contributed by atoms with E-state index in [0.717, 1.165) is 83.5 Å². The maximum atomic E-state index is 13.3. The van der Waals surface area contributed by atoms with Crippen LogP contribution in [0, 0.1) is 0 Å². The Balaban J connectivity index is 1.68. The predicted octanol–water partition coefficient (Wildman–Crippen LogP) is 14.0. The van der Waals surface area contributed by atoms with E-state index in [1.54, 1.807) is 6.08 Å². The van der Waals surface area contributed by atoms with Crippen LogP contribution in [0.3, 0.4) is 0 Å². The van der Waals surface area contributed by atoms with Gasteiger partial charge in [-0.2, -0.15) is 0 Å². The number of hydrogen-bond acceptors (Lipinski definition) is 13. The van der Waals surface area contributed by atoms with Gasteiger partial charge < -0.3 is 65.1 Å². The number of aliphatic hydroxyl groups excluding tert-OH is 8. The third-order valence-electron chi connectivity index (χ3n) is 16.2. The van der Waals surface area contributed by atoms with Gasteiger partial charge in [-0.1, -0.05) is 258 Å². The van der Waals surface area contributed by atoms with Crippen LogP contribution in [0.25, 0.3) is 0 Å². The number of allylic oxidation sites excluding steroid dienone is 17. The van der Waals surface area contributed by atoms with Crippen LogP contribution in [0.15, 0.2) is 109 Å². The van der Waals surface area contributed by atoms with E-state index in [1.165, 1.54) is 135 Å². The van der Waals surface area contributed by atoms with Gasteiger partial charge in [0.05, 0.1) is 32.0 Å². The number of carbonyl (C=O) groups is 1. The summed E-state index contributed by atoms with van der Waals surface area (Å²) < 4.78 is 22.8. The lowest BCUT2D eigenvalue weighted by atomic mass is 9.97. The monoisotopic (exact) mass is 1220 g/mol. The summed E-state index contributed by atoms with van der Waals surface area (Å²) in [5.41, 5.74) is 0. The lowest BCUT2D eigenvalue weighted by molar-refractivity contribution is -0.359. The fourth-order valence-corrected chi connectivity index (χ4v) is 10.7. The molecule has 2 heterocycles. The molecule has 87 heavy (non-hydrogen) atoms. The second-order valence-electron chi connectivity index (χ2n) is 23.9. The van der Waals surface area contributed by atoms with Crippen molar-refractivity contribution in [1.82, 2.24) is 5.32 Å². The lowest BCUT2D eigenvalue weighted by Crippen LogP contribution is -2.65. The van der Waals surface area contributed by atoms with Crippen LogP contribution in [0.2, 0.25) is 0 Å². The molecule has 14 heteroatoms. The van der Waals surface area contributed by atoms with Gasteiger partial charge in [0.2, 0.25) is 5.91 Å². The molecular formula is C73H125NO13. The molecule has 0 spiro atoms. The van der Waals surface area contributed by atoms with Crippen molar-refractivity contribution >= 4 is 5.91 Å². The number of carbonyl (C=O) groups excluding carboxylic acids is 1. The smallest absolute Gasteiger partial charge is 0.220 e. The van der Waals surface area contributed by atoms with Gasteiger partial charge in [-0.25, -0.2) is 0 Å². The average Bonchev–Trinajstić information content (AvgIpc) is 2.59. The van der Waals surface area contributed by atoms with E-state index in [1.807, 2.05) is 6.08 Å². The normalized spacial score (nSPS) is 24.0. The van der Waals surface area contributed by atoms with Gasteiger partial charge in [-0.05, 0) is 96.3 Å². The van der Waals surface area contributed by atoms with Gasteiger partial charge in [0.1, 0.15) is 48.8 Å². The second-order valence-corrected chi connectivity index (χ2v) is 23.9. The van der Waals surface area contributed by atoms with Crippen LogP contribution < -0.4 is 5.32 Å². The Kier molecular flexibility index (Phi) is 51.9. The summed E-state index contributed by atoms with van der Waals surface area (Å²) in [4.78, 5) is 13.3. The van der Waals surface area contributed by atoms with E-state index < -0.39 is 86.8 Å².